The van der Waals surface area contributed by atoms with Crippen molar-refractivity contribution >= 4 is 56.5 Å². The number of hydrogen-bond acceptors (Lipinski definition) is 5. The molecule has 2 aromatic carbocycles. The van der Waals surface area contributed by atoms with Gasteiger partial charge in [-0.1, -0.05) is 53.2 Å². The van der Waals surface area contributed by atoms with Gasteiger partial charge in [0.1, 0.15) is 4.83 Å². The van der Waals surface area contributed by atoms with E-state index in [4.69, 9.17) is 28.2 Å². The Labute approximate surface area is 198 Å². The molecular formula is C23H19Cl2N3OS2. The van der Waals surface area contributed by atoms with Gasteiger partial charge < -0.3 is 4.90 Å². The van der Waals surface area contributed by atoms with E-state index in [2.05, 4.69) is 11.9 Å². The van der Waals surface area contributed by atoms with E-state index in [9.17, 15) is 4.79 Å². The largest absolute Gasteiger partial charge is 0.301 e. The molecule has 0 unspecified atom stereocenters. The number of thioether (sulfide) groups is 1. The van der Waals surface area contributed by atoms with E-state index < -0.39 is 0 Å². The molecule has 0 saturated carbocycles. The number of thiophene rings is 1. The van der Waals surface area contributed by atoms with Gasteiger partial charge in [0.25, 0.3) is 5.56 Å². The minimum Gasteiger partial charge on any atom is -0.301 e. The van der Waals surface area contributed by atoms with Crippen molar-refractivity contribution in [2.24, 2.45) is 0 Å². The summed E-state index contributed by atoms with van der Waals surface area (Å²) in [5.74, 6) is 0.684. The van der Waals surface area contributed by atoms with Crippen LogP contribution in [0.4, 0.5) is 0 Å². The van der Waals surface area contributed by atoms with E-state index >= 15 is 0 Å². The third-order valence-electron chi connectivity index (χ3n) is 5.38. The number of halogens is 2. The summed E-state index contributed by atoms with van der Waals surface area (Å²) < 4.78 is 1.71. The summed E-state index contributed by atoms with van der Waals surface area (Å²) in [7, 11) is 2.11. The topological polar surface area (TPSA) is 38.1 Å². The number of benzene rings is 2. The molecule has 0 N–H and O–H groups in total. The lowest BCUT2D eigenvalue weighted by molar-refractivity contribution is 0.318. The first-order valence-electron chi connectivity index (χ1n) is 9.88. The summed E-state index contributed by atoms with van der Waals surface area (Å²) in [5, 5.41) is 2.72. The van der Waals surface area contributed by atoms with E-state index in [0.29, 0.717) is 21.0 Å². The Morgan fingerprint density at radius 3 is 2.71 bits per heavy atom. The molecule has 2 aromatic heterocycles. The lowest BCUT2D eigenvalue weighted by Gasteiger charge is -2.21. The predicted molar refractivity (Wildman–Crippen MR) is 131 cm³/mol. The van der Waals surface area contributed by atoms with Crippen molar-refractivity contribution in [3.05, 3.63) is 84.9 Å². The molecule has 0 spiro atoms. The van der Waals surface area contributed by atoms with Gasteiger partial charge >= 0.3 is 0 Å². The van der Waals surface area contributed by atoms with Gasteiger partial charge in [0, 0.05) is 33.8 Å². The number of hydrogen-bond donors (Lipinski definition) is 0. The fourth-order valence-electron chi connectivity index (χ4n) is 3.82. The van der Waals surface area contributed by atoms with Crippen LogP contribution in [0.2, 0.25) is 10.0 Å². The van der Waals surface area contributed by atoms with Crippen LogP contribution in [0.1, 0.15) is 16.0 Å². The smallest absolute Gasteiger partial charge is 0.267 e. The highest BCUT2D eigenvalue weighted by Crippen LogP contribution is 2.34. The minimum atomic E-state index is -0.0204. The van der Waals surface area contributed by atoms with Gasteiger partial charge in [0.15, 0.2) is 5.16 Å². The van der Waals surface area contributed by atoms with E-state index in [0.717, 1.165) is 46.5 Å². The van der Waals surface area contributed by atoms with Crippen LogP contribution < -0.4 is 5.56 Å². The molecule has 0 radical (unpaired) electrons. The summed E-state index contributed by atoms with van der Waals surface area (Å²) in [4.78, 5) is 23.1. The zero-order chi connectivity index (χ0) is 21.5. The van der Waals surface area contributed by atoms with Crippen LogP contribution in [0.5, 0.6) is 0 Å². The van der Waals surface area contributed by atoms with Crippen molar-refractivity contribution < 1.29 is 0 Å². The second-order valence-electron chi connectivity index (χ2n) is 7.60. The Morgan fingerprint density at radius 1 is 1.13 bits per heavy atom. The van der Waals surface area contributed by atoms with Gasteiger partial charge in [-0.25, -0.2) is 4.98 Å². The molecule has 3 heterocycles. The van der Waals surface area contributed by atoms with Crippen LogP contribution in [0.15, 0.2) is 58.5 Å². The first-order chi connectivity index (χ1) is 15.0. The highest BCUT2D eigenvalue weighted by Gasteiger charge is 2.24. The fourth-order valence-corrected chi connectivity index (χ4v) is 6.44. The number of nitrogens with zero attached hydrogens (tertiary/aromatic N) is 3. The van der Waals surface area contributed by atoms with Crippen molar-refractivity contribution in [3.63, 3.8) is 0 Å². The lowest BCUT2D eigenvalue weighted by atomic mass is 10.1. The zero-order valence-corrected chi connectivity index (χ0v) is 19.9. The highest BCUT2D eigenvalue weighted by atomic mass is 35.5. The Hall–Kier alpha value is -1.83. The van der Waals surface area contributed by atoms with Gasteiger partial charge in [-0.15, -0.1) is 11.3 Å². The maximum Gasteiger partial charge on any atom is 0.267 e. The molecule has 31 heavy (non-hydrogen) atoms. The van der Waals surface area contributed by atoms with Gasteiger partial charge in [-0.3, -0.25) is 9.36 Å². The summed E-state index contributed by atoms with van der Waals surface area (Å²) in [6, 6.07) is 15.1. The molecule has 1 aliphatic heterocycles. The number of aromatic nitrogens is 2. The average Bonchev–Trinajstić information content (AvgIpc) is 3.11. The third-order valence-corrected chi connectivity index (χ3v) is 7.99. The fraction of sp³-hybridized carbons (Fsp3) is 0.217. The lowest BCUT2D eigenvalue weighted by Crippen LogP contribution is -2.27. The van der Waals surface area contributed by atoms with Gasteiger partial charge in [-0.2, -0.15) is 0 Å². The molecule has 0 fully saturated rings. The van der Waals surface area contributed by atoms with Crippen LogP contribution in [0, 0.1) is 0 Å². The molecule has 4 aromatic rings. The van der Waals surface area contributed by atoms with E-state index in [1.807, 2.05) is 48.5 Å². The normalized spacial score (nSPS) is 14.2. The predicted octanol–water partition coefficient (Wildman–Crippen LogP) is 6.03. The average molecular weight is 488 g/mol. The molecule has 8 heteroatoms. The first kappa shape index (κ1) is 21.0. The van der Waals surface area contributed by atoms with Crippen molar-refractivity contribution in [1.82, 2.24) is 14.5 Å². The maximum absolute atomic E-state index is 13.8. The van der Waals surface area contributed by atoms with E-state index in [1.165, 1.54) is 4.88 Å². The number of fused-ring (bicyclic) bond motifs is 3. The van der Waals surface area contributed by atoms with Crippen LogP contribution in [-0.4, -0.2) is 28.0 Å². The van der Waals surface area contributed by atoms with Crippen LogP contribution in [-0.2, 0) is 18.7 Å². The summed E-state index contributed by atoms with van der Waals surface area (Å²) in [6.45, 7) is 1.81. The molecule has 0 saturated heterocycles. The monoisotopic (exact) mass is 487 g/mol. The SMILES string of the molecule is CN1CCc2c(sc3nc(SCc4ccc(Cl)cc4)n(-c4cccc(Cl)c4)c(=O)c23)C1. The molecule has 4 nitrogen and oxygen atoms in total. The zero-order valence-electron chi connectivity index (χ0n) is 16.8. The quantitative estimate of drug-likeness (QED) is 0.260. The van der Waals surface area contributed by atoms with Crippen molar-refractivity contribution in [3.8, 4) is 5.69 Å². The number of rotatable bonds is 4. The third kappa shape index (κ3) is 4.15. The summed E-state index contributed by atoms with van der Waals surface area (Å²) in [6.07, 6.45) is 0.871. The van der Waals surface area contributed by atoms with Gasteiger partial charge in [0.05, 0.1) is 11.1 Å². The van der Waals surface area contributed by atoms with Crippen molar-refractivity contribution in [1.29, 1.82) is 0 Å². The van der Waals surface area contributed by atoms with Crippen LogP contribution >= 0.6 is 46.3 Å². The Morgan fingerprint density at radius 2 is 1.94 bits per heavy atom. The van der Waals surface area contributed by atoms with E-state index in [1.54, 1.807) is 27.7 Å². The van der Waals surface area contributed by atoms with Gasteiger partial charge in [-0.05, 0) is 54.9 Å². The molecule has 5 rings (SSSR count). The van der Waals surface area contributed by atoms with Crippen LogP contribution in [0.25, 0.3) is 15.9 Å². The van der Waals surface area contributed by atoms with Crippen molar-refractivity contribution in [2.75, 3.05) is 13.6 Å². The van der Waals surface area contributed by atoms with Crippen LogP contribution in [0.3, 0.4) is 0 Å². The molecule has 0 amide bonds. The minimum absolute atomic E-state index is 0.0204. The molecule has 0 aliphatic carbocycles. The summed E-state index contributed by atoms with van der Waals surface area (Å²) in [5.41, 5.74) is 2.99. The second kappa shape index (κ2) is 8.60. The Balaban J connectivity index is 1.66. The standard InChI is InChI=1S/C23H19Cl2N3OS2/c1-27-10-9-18-19(12-27)31-21-20(18)22(29)28(17-4-2-3-16(25)11-17)23(26-21)30-13-14-5-7-15(24)8-6-14/h2-8,11H,9-10,12-13H2,1H3. The second-order valence-corrected chi connectivity index (χ2v) is 10.5. The molecule has 0 atom stereocenters. The van der Waals surface area contributed by atoms with Crippen molar-refractivity contribution in [2.45, 2.75) is 23.9 Å². The Bertz CT molecular complexity index is 1330. The first-order valence-corrected chi connectivity index (χ1v) is 12.4. The Kier molecular flexibility index (Phi) is 5.84. The molecular weight excluding hydrogens is 469 g/mol. The molecule has 158 valence electrons. The number of likely N-dealkylation sites (N-methyl/N-ethyl adjacent to an activating group) is 1. The maximum atomic E-state index is 13.8. The highest BCUT2D eigenvalue weighted by molar-refractivity contribution is 7.98. The van der Waals surface area contributed by atoms with E-state index in [-0.39, 0.29) is 5.56 Å². The molecule has 0 bridgehead atoms. The summed E-state index contributed by atoms with van der Waals surface area (Å²) >= 11 is 15.5. The van der Waals surface area contributed by atoms with Gasteiger partial charge in [0.2, 0.25) is 0 Å². The molecule has 1 aliphatic rings.